The van der Waals surface area contributed by atoms with Crippen molar-refractivity contribution in [1.29, 1.82) is 0 Å². The molecule has 0 aliphatic carbocycles. The lowest BCUT2D eigenvalue weighted by Crippen LogP contribution is -2.26. The Morgan fingerprint density at radius 1 is 1.37 bits per heavy atom. The van der Waals surface area contributed by atoms with Crippen LogP contribution in [-0.2, 0) is 14.3 Å². The molecule has 1 aliphatic heterocycles. The predicted molar refractivity (Wildman–Crippen MR) is 70.1 cm³/mol. The van der Waals surface area contributed by atoms with Gasteiger partial charge >= 0.3 is 5.97 Å². The SMILES string of the molecule is CCOc1ccc(N2C[C@H](C(=O)OC)CC2=O)cc1. The Kier molecular flexibility index (Phi) is 4.04. The molecule has 1 saturated heterocycles. The Morgan fingerprint density at radius 2 is 2.05 bits per heavy atom. The summed E-state index contributed by atoms with van der Waals surface area (Å²) in [6.45, 7) is 2.89. The van der Waals surface area contributed by atoms with Gasteiger partial charge in [0.2, 0.25) is 5.91 Å². The van der Waals surface area contributed by atoms with E-state index in [1.165, 1.54) is 7.11 Å². The lowest BCUT2D eigenvalue weighted by atomic mass is 10.1. The van der Waals surface area contributed by atoms with E-state index in [0.29, 0.717) is 13.2 Å². The minimum Gasteiger partial charge on any atom is -0.494 e. The maximum Gasteiger partial charge on any atom is 0.311 e. The van der Waals surface area contributed by atoms with E-state index in [1.807, 2.05) is 31.2 Å². The number of hydrogen-bond acceptors (Lipinski definition) is 4. The minimum absolute atomic E-state index is 0.0560. The molecular weight excluding hydrogens is 246 g/mol. The fourth-order valence-electron chi connectivity index (χ4n) is 2.17. The van der Waals surface area contributed by atoms with Gasteiger partial charge in [0.25, 0.3) is 0 Å². The van der Waals surface area contributed by atoms with Crippen molar-refractivity contribution in [2.45, 2.75) is 13.3 Å². The van der Waals surface area contributed by atoms with E-state index < -0.39 is 0 Å². The molecule has 0 unspecified atom stereocenters. The molecule has 5 heteroatoms. The van der Waals surface area contributed by atoms with Crippen molar-refractivity contribution in [1.82, 2.24) is 0 Å². The van der Waals surface area contributed by atoms with Crippen LogP contribution in [0.4, 0.5) is 5.69 Å². The first-order valence-corrected chi connectivity index (χ1v) is 6.26. The smallest absolute Gasteiger partial charge is 0.311 e. The molecule has 1 atom stereocenters. The molecule has 0 saturated carbocycles. The topological polar surface area (TPSA) is 55.8 Å². The first kappa shape index (κ1) is 13.4. The lowest BCUT2D eigenvalue weighted by molar-refractivity contribution is -0.145. The second kappa shape index (κ2) is 5.73. The number of carbonyl (C=O) groups is 2. The van der Waals surface area contributed by atoms with Crippen LogP contribution in [0, 0.1) is 5.92 Å². The van der Waals surface area contributed by atoms with Crippen LogP contribution in [0.2, 0.25) is 0 Å². The number of ether oxygens (including phenoxy) is 2. The number of carbonyl (C=O) groups excluding carboxylic acids is 2. The highest BCUT2D eigenvalue weighted by Gasteiger charge is 2.35. The maximum absolute atomic E-state index is 11.9. The van der Waals surface area contributed by atoms with E-state index in [9.17, 15) is 9.59 Å². The zero-order chi connectivity index (χ0) is 13.8. The fraction of sp³-hybridized carbons (Fsp3) is 0.429. The van der Waals surface area contributed by atoms with Crippen molar-refractivity contribution in [3.05, 3.63) is 24.3 Å². The molecule has 102 valence electrons. The third-order valence-corrected chi connectivity index (χ3v) is 3.12. The standard InChI is InChI=1S/C14H17NO4/c1-3-19-12-6-4-11(5-7-12)15-9-10(8-13(15)16)14(17)18-2/h4-7,10H,3,8-9H2,1-2H3/t10-/m1/s1. The van der Waals surface area contributed by atoms with Gasteiger partial charge in [-0.25, -0.2) is 0 Å². The Balaban J connectivity index is 2.09. The van der Waals surface area contributed by atoms with Crippen LogP contribution in [-0.4, -0.2) is 32.1 Å². The largest absolute Gasteiger partial charge is 0.494 e. The second-order valence-electron chi connectivity index (χ2n) is 4.36. The van der Waals surface area contributed by atoms with E-state index in [0.717, 1.165) is 11.4 Å². The number of benzene rings is 1. The van der Waals surface area contributed by atoms with E-state index in [-0.39, 0.29) is 24.2 Å². The van der Waals surface area contributed by atoms with Crippen molar-refractivity contribution in [3.63, 3.8) is 0 Å². The average Bonchev–Trinajstić information content (AvgIpc) is 2.81. The van der Waals surface area contributed by atoms with Crippen molar-refractivity contribution in [3.8, 4) is 5.75 Å². The number of nitrogens with zero attached hydrogens (tertiary/aromatic N) is 1. The van der Waals surface area contributed by atoms with E-state index in [2.05, 4.69) is 4.74 Å². The van der Waals surface area contributed by atoms with Gasteiger partial charge in [-0.05, 0) is 31.2 Å². The highest BCUT2D eigenvalue weighted by molar-refractivity contribution is 5.99. The zero-order valence-corrected chi connectivity index (χ0v) is 11.1. The highest BCUT2D eigenvalue weighted by atomic mass is 16.5. The summed E-state index contributed by atoms with van der Waals surface area (Å²) in [6, 6.07) is 7.28. The van der Waals surface area contributed by atoms with Crippen LogP contribution in [0.1, 0.15) is 13.3 Å². The van der Waals surface area contributed by atoms with Gasteiger partial charge < -0.3 is 14.4 Å². The van der Waals surface area contributed by atoms with Gasteiger partial charge in [-0.2, -0.15) is 0 Å². The first-order valence-electron chi connectivity index (χ1n) is 6.26. The average molecular weight is 263 g/mol. The molecule has 0 aromatic heterocycles. The van der Waals surface area contributed by atoms with Crippen molar-refractivity contribution >= 4 is 17.6 Å². The lowest BCUT2D eigenvalue weighted by Gasteiger charge is -2.16. The molecule has 0 bridgehead atoms. The molecule has 19 heavy (non-hydrogen) atoms. The third-order valence-electron chi connectivity index (χ3n) is 3.12. The van der Waals surface area contributed by atoms with Gasteiger partial charge in [0.15, 0.2) is 0 Å². The summed E-state index contributed by atoms with van der Waals surface area (Å²) in [6.07, 6.45) is 0.208. The molecular formula is C14H17NO4. The summed E-state index contributed by atoms with van der Waals surface area (Å²) in [5.41, 5.74) is 0.778. The Morgan fingerprint density at radius 3 is 2.63 bits per heavy atom. The number of esters is 1. The monoisotopic (exact) mass is 263 g/mol. The van der Waals surface area contributed by atoms with E-state index in [4.69, 9.17) is 4.74 Å². The number of hydrogen-bond donors (Lipinski definition) is 0. The van der Waals surface area contributed by atoms with Crippen LogP contribution in [0.15, 0.2) is 24.3 Å². The van der Waals surface area contributed by atoms with Crippen molar-refractivity contribution in [2.75, 3.05) is 25.2 Å². The van der Waals surface area contributed by atoms with Gasteiger partial charge in [-0.3, -0.25) is 9.59 Å². The van der Waals surface area contributed by atoms with Crippen LogP contribution >= 0.6 is 0 Å². The Hall–Kier alpha value is -2.04. The summed E-state index contributed by atoms with van der Waals surface area (Å²) in [5, 5.41) is 0. The van der Waals surface area contributed by atoms with Crippen LogP contribution in [0.3, 0.4) is 0 Å². The number of methoxy groups -OCH3 is 1. The van der Waals surface area contributed by atoms with E-state index in [1.54, 1.807) is 4.90 Å². The number of anilines is 1. The highest BCUT2D eigenvalue weighted by Crippen LogP contribution is 2.27. The van der Waals surface area contributed by atoms with E-state index >= 15 is 0 Å². The number of amides is 1. The third kappa shape index (κ3) is 2.86. The quantitative estimate of drug-likeness (QED) is 0.774. The molecule has 1 fully saturated rings. The van der Waals surface area contributed by atoms with Gasteiger partial charge in [0, 0.05) is 18.7 Å². The molecule has 1 aliphatic rings. The van der Waals surface area contributed by atoms with Gasteiger partial charge in [0.1, 0.15) is 5.75 Å². The molecule has 1 aromatic rings. The normalized spacial score (nSPS) is 18.5. The fourth-order valence-corrected chi connectivity index (χ4v) is 2.17. The summed E-state index contributed by atoms with van der Waals surface area (Å²) < 4.78 is 10.0. The van der Waals surface area contributed by atoms with Gasteiger partial charge in [-0.1, -0.05) is 0 Å². The van der Waals surface area contributed by atoms with Crippen LogP contribution in [0.25, 0.3) is 0 Å². The van der Waals surface area contributed by atoms with Crippen LogP contribution < -0.4 is 9.64 Å². The molecule has 1 heterocycles. The maximum atomic E-state index is 11.9. The first-order chi connectivity index (χ1) is 9.15. The molecule has 1 aromatic carbocycles. The Bertz CT molecular complexity index is 469. The minimum atomic E-state index is -0.371. The molecule has 0 spiro atoms. The molecule has 1 amide bonds. The van der Waals surface area contributed by atoms with Gasteiger partial charge in [0.05, 0.1) is 19.6 Å². The number of rotatable bonds is 4. The molecule has 0 radical (unpaired) electrons. The Labute approximate surface area is 112 Å². The van der Waals surface area contributed by atoms with Crippen LogP contribution in [0.5, 0.6) is 5.75 Å². The summed E-state index contributed by atoms with van der Waals surface area (Å²) in [7, 11) is 1.34. The summed E-state index contributed by atoms with van der Waals surface area (Å²) in [4.78, 5) is 25.0. The van der Waals surface area contributed by atoms with Gasteiger partial charge in [-0.15, -0.1) is 0 Å². The van der Waals surface area contributed by atoms with Crippen molar-refractivity contribution in [2.24, 2.45) is 5.92 Å². The molecule has 2 rings (SSSR count). The second-order valence-corrected chi connectivity index (χ2v) is 4.36. The summed E-state index contributed by atoms with van der Waals surface area (Å²) in [5.74, 6) is 0.00725. The predicted octanol–water partition coefficient (Wildman–Crippen LogP) is 1.61. The van der Waals surface area contributed by atoms with Crippen molar-refractivity contribution < 1.29 is 19.1 Å². The zero-order valence-electron chi connectivity index (χ0n) is 11.1. The summed E-state index contributed by atoms with van der Waals surface area (Å²) >= 11 is 0. The molecule has 0 N–H and O–H groups in total. The molecule has 5 nitrogen and oxygen atoms in total.